The summed E-state index contributed by atoms with van der Waals surface area (Å²) in [5, 5.41) is 0. The lowest BCUT2D eigenvalue weighted by molar-refractivity contribution is -0.154. The minimum absolute atomic E-state index is 0.0537. The van der Waals surface area contributed by atoms with E-state index in [0.717, 1.165) is 12.8 Å². The minimum atomic E-state index is -0.186. The van der Waals surface area contributed by atoms with Gasteiger partial charge in [-0.15, -0.1) is 0 Å². The summed E-state index contributed by atoms with van der Waals surface area (Å²) in [5.41, 5.74) is 0. The standard InChI is InChI=1S/C16H33NO2/c1-5-6-7-8-9-10-11-12-13-14-16(17(3)4)19-15(2)18/h16H,5-14H2,1-4H3. The predicted octanol–water partition coefficient (Wildman–Crippen LogP) is 4.36. The number of esters is 1. The lowest BCUT2D eigenvalue weighted by Gasteiger charge is -2.23. The quantitative estimate of drug-likeness (QED) is 0.300. The fourth-order valence-electron chi connectivity index (χ4n) is 2.24. The Morgan fingerprint density at radius 1 is 0.947 bits per heavy atom. The molecular formula is C16H33NO2. The van der Waals surface area contributed by atoms with Gasteiger partial charge in [0.2, 0.25) is 0 Å². The SMILES string of the molecule is CCCCCCCCCCCC(OC(C)=O)N(C)C. The van der Waals surface area contributed by atoms with Crippen LogP contribution in [0.25, 0.3) is 0 Å². The molecule has 3 nitrogen and oxygen atoms in total. The van der Waals surface area contributed by atoms with E-state index in [2.05, 4.69) is 6.92 Å². The molecule has 0 spiro atoms. The molecule has 0 aromatic rings. The van der Waals surface area contributed by atoms with Crippen LogP contribution in [-0.4, -0.2) is 31.2 Å². The van der Waals surface area contributed by atoms with Gasteiger partial charge in [-0.05, 0) is 26.9 Å². The highest BCUT2D eigenvalue weighted by molar-refractivity contribution is 5.66. The Morgan fingerprint density at radius 2 is 1.42 bits per heavy atom. The Labute approximate surface area is 119 Å². The van der Waals surface area contributed by atoms with E-state index < -0.39 is 0 Å². The molecule has 3 heteroatoms. The molecule has 0 aliphatic heterocycles. The van der Waals surface area contributed by atoms with Crippen LogP contribution >= 0.6 is 0 Å². The van der Waals surface area contributed by atoms with Crippen molar-refractivity contribution in [3.8, 4) is 0 Å². The zero-order chi connectivity index (χ0) is 14.5. The van der Waals surface area contributed by atoms with Crippen LogP contribution < -0.4 is 0 Å². The zero-order valence-electron chi connectivity index (χ0n) is 13.4. The molecule has 0 bridgehead atoms. The van der Waals surface area contributed by atoms with Gasteiger partial charge in [-0.1, -0.05) is 58.3 Å². The van der Waals surface area contributed by atoms with E-state index in [-0.39, 0.29) is 12.2 Å². The number of rotatable bonds is 12. The Hall–Kier alpha value is -0.570. The first kappa shape index (κ1) is 18.4. The third-order valence-corrected chi connectivity index (χ3v) is 3.43. The summed E-state index contributed by atoms with van der Waals surface area (Å²) in [7, 11) is 3.92. The molecule has 0 saturated heterocycles. The van der Waals surface area contributed by atoms with Crippen LogP contribution in [0.3, 0.4) is 0 Å². The van der Waals surface area contributed by atoms with Gasteiger partial charge in [0.25, 0.3) is 0 Å². The second-order valence-corrected chi connectivity index (χ2v) is 5.64. The Morgan fingerprint density at radius 3 is 1.84 bits per heavy atom. The second-order valence-electron chi connectivity index (χ2n) is 5.64. The molecule has 0 aliphatic rings. The van der Waals surface area contributed by atoms with E-state index in [0.29, 0.717) is 0 Å². The van der Waals surface area contributed by atoms with Gasteiger partial charge >= 0.3 is 5.97 Å². The molecule has 1 unspecified atom stereocenters. The minimum Gasteiger partial charge on any atom is -0.447 e. The maximum atomic E-state index is 11.0. The van der Waals surface area contributed by atoms with Crippen LogP contribution in [0.1, 0.15) is 78.1 Å². The van der Waals surface area contributed by atoms with E-state index in [1.807, 2.05) is 19.0 Å². The van der Waals surface area contributed by atoms with Crippen molar-refractivity contribution in [3.05, 3.63) is 0 Å². The molecule has 0 rings (SSSR count). The Bertz CT molecular complexity index is 217. The molecule has 0 amide bonds. The number of nitrogens with zero attached hydrogens (tertiary/aromatic N) is 1. The summed E-state index contributed by atoms with van der Waals surface area (Å²) in [5.74, 6) is -0.186. The van der Waals surface area contributed by atoms with E-state index >= 15 is 0 Å². The highest BCUT2D eigenvalue weighted by Crippen LogP contribution is 2.13. The van der Waals surface area contributed by atoms with Gasteiger partial charge in [-0.2, -0.15) is 0 Å². The molecule has 0 aromatic carbocycles. The van der Waals surface area contributed by atoms with Crippen molar-refractivity contribution in [2.45, 2.75) is 84.3 Å². The summed E-state index contributed by atoms with van der Waals surface area (Å²) in [4.78, 5) is 12.9. The van der Waals surface area contributed by atoms with Gasteiger partial charge in [-0.3, -0.25) is 9.69 Å². The van der Waals surface area contributed by atoms with Gasteiger partial charge in [0.1, 0.15) is 0 Å². The van der Waals surface area contributed by atoms with E-state index in [4.69, 9.17) is 4.74 Å². The van der Waals surface area contributed by atoms with Crippen LogP contribution in [0, 0.1) is 0 Å². The molecule has 0 heterocycles. The predicted molar refractivity (Wildman–Crippen MR) is 81.1 cm³/mol. The molecule has 0 radical (unpaired) electrons. The van der Waals surface area contributed by atoms with Crippen molar-refractivity contribution in [2.24, 2.45) is 0 Å². The second kappa shape index (κ2) is 12.5. The molecule has 19 heavy (non-hydrogen) atoms. The highest BCUT2D eigenvalue weighted by Gasteiger charge is 2.13. The van der Waals surface area contributed by atoms with Crippen molar-refractivity contribution in [1.82, 2.24) is 4.90 Å². The average Bonchev–Trinajstić information content (AvgIpc) is 2.34. The molecule has 0 saturated carbocycles. The number of carbonyl (C=O) groups excluding carboxylic acids is 1. The molecule has 114 valence electrons. The number of hydrogen-bond acceptors (Lipinski definition) is 3. The first-order valence-corrected chi connectivity index (χ1v) is 7.91. The van der Waals surface area contributed by atoms with Crippen LogP contribution in [-0.2, 0) is 9.53 Å². The van der Waals surface area contributed by atoms with Gasteiger partial charge in [-0.25, -0.2) is 0 Å². The normalized spacial score (nSPS) is 12.7. The lowest BCUT2D eigenvalue weighted by atomic mass is 10.1. The third-order valence-electron chi connectivity index (χ3n) is 3.43. The molecular weight excluding hydrogens is 238 g/mol. The topological polar surface area (TPSA) is 29.5 Å². The average molecular weight is 271 g/mol. The summed E-state index contributed by atoms with van der Waals surface area (Å²) in [6.07, 6.45) is 12.8. The summed E-state index contributed by atoms with van der Waals surface area (Å²) < 4.78 is 5.27. The Kier molecular flexibility index (Phi) is 12.1. The van der Waals surface area contributed by atoms with Crippen molar-refractivity contribution >= 4 is 5.97 Å². The number of ether oxygens (including phenoxy) is 1. The number of unbranched alkanes of at least 4 members (excludes halogenated alkanes) is 8. The van der Waals surface area contributed by atoms with E-state index in [1.165, 1.54) is 58.3 Å². The van der Waals surface area contributed by atoms with Crippen molar-refractivity contribution < 1.29 is 9.53 Å². The number of hydrogen-bond donors (Lipinski definition) is 0. The van der Waals surface area contributed by atoms with Gasteiger partial charge in [0, 0.05) is 6.92 Å². The highest BCUT2D eigenvalue weighted by atomic mass is 16.6. The molecule has 0 fully saturated rings. The molecule has 0 aliphatic carbocycles. The van der Waals surface area contributed by atoms with Crippen LogP contribution in [0.2, 0.25) is 0 Å². The summed E-state index contributed by atoms with van der Waals surface area (Å²) in [6.45, 7) is 3.73. The third kappa shape index (κ3) is 12.2. The van der Waals surface area contributed by atoms with E-state index in [1.54, 1.807) is 0 Å². The fraction of sp³-hybridized carbons (Fsp3) is 0.938. The van der Waals surface area contributed by atoms with Crippen LogP contribution in [0.5, 0.6) is 0 Å². The Balaban J connectivity index is 3.42. The summed E-state index contributed by atoms with van der Waals surface area (Å²) >= 11 is 0. The maximum absolute atomic E-state index is 11.0. The lowest BCUT2D eigenvalue weighted by Crippen LogP contribution is -2.32. The maximum Gasteiger partial charge on any atom is 0.304 e. The molecule has 0 N–H and O–H groups in total. The van der Waals surface area contributed by atoms with Gasteiger partial charge in [0.05, 0.1) is 0 Å². The smallest absolute Gasteiger partial charge is 0.304 e. The monoisotopic (exact) mass is 271 g/mol. The summed E-state index contributed by atoms with van der Waals surface area (Å²) in [6, 6.07) is 0. The first-order valence-electron chi connectivity index (χ1n) is 7.91. The molecule has 1 atom stereocenters. The van der Waals surface area contributed by atoms with Gasteiger partial charge in [0.15, 0.2) is 6.23 Å². The van der Waals surface area contributed by atoms with Gasteiger partial charge < -0.3 is 4.74 Å². The zero-order valence-corrected chi connectivity index (χ0v) is 13.4. The fourth-order valence-corrected chi connectivity index (χ4v) is 2.24. The molecule has 0 aromatic heterocycles. The van der Waals surface area contributed by atoms with Crippen molar-refractivity contribution in [2.75, 3.05) is 14.1 Å². The van der Waals surface area contributed by atoms with E-state index in [9.17, 15) is 4.79 Å². The van der Waals surface area contributed by atoms with Crippen molar-refractivity contribution in [3.63, 3.8) is 0 Å². The van der Waals surface area contributed by atoms with Crippen molar-refractivity contribution in [1.29, 1.82) is 0 Å². The first-order chi connectivity index (χ1) is 9.07. The van der Waals surface area contributed by atoms with Crippen LogP contribution in [0.4, 0.5) is 0 Å². The number of carbonyl (C=O) groups is 1. The largest absolute Gasteiger partial charge is 0.447 e. The van der Waals surface area contributed by atoms with Crippen LogP contribution in [0.15, 0.2) is 0 Å².